The van der Waals surface area contributed by atoms with Crippen LogP contribution < -0.4 is 9.47 Å². The maximum absolute atomic E-state index is 13.4. The van der Waals surface area contributed by atoms with Crippen LogP contribution in [0.3, 0.4) is 0 Å². The Morgan fingerprint density at radius 1 is 0.923 bits per heavy atom. The summed E-state index contributed by atoms with van der Waals surface area (Å²) >= 11 is 0. The number of Topliss-reactive ketones (excluding diaryl/α,β-unsaturated/α-hetero) is 1. The first-order valence-electron chi connectivity index (χ1n) is 12.6. The number of benzene rings is 3. The third kappa shape index (κ3) is 5.38. The molecule has 0 bridgehead atoms. The Morgan fingerprint density at radius 2 is 1.64 bits per heavy atom. The largest absolute Gasteiger partial charge is 0.507 e. The van der Waals surface area contributed by atoms with Crippen molar-refractivity contribution in [2.75, 3.05) is 7.11 Å². The van der Waals surface area contributed by atoms with Gasteiger partial charge in [-0.05, 0) is 71.6 Å². The molecule has 1 unspecified atom stereocenters. The molecule has 7 nitrogen and oxygen atoms in total. The highest BCUT2D eigenvalue weighted by Crippen LogP contribution is 2.41. The van der Waals surface area contributed by atoms with Gasteiger partial charge in [-0.1, -0.05) is 42.5 Å². The van der Waals surface area contributed by atoms with Crippen molar-refractivity contribution in [3.63, 3.8) is 0 Å². The van der Waals surface area contributed by atoms with Crippen LogP contribution in [0.1, 0.15) is 33.9 Å². The molecule has 1 amide bonds. The van der Waals surface area contributed by atoms with E-state index in [1.165, 1.54) is 4.90 Å². The zero-order chi connectivity index (χ0) is 27.4. The molecule has 0 spiro atoms. The van der Waals surface area contributed by atoms with Crippen molar-refractivity contribution in [3.8, 4) is 11.5 Å². The molecule has 1 fully saturated rings. The van der Waals surface area contributed by atoms with Crippen molar-refractivity contribution in [2.24, 2.45) is 0 Å². The number of rotatable bonds is 8. The molecule has 1 aliphatic rings. The first kappa shape index (κ1) is 25.7. The van der Waals surface area contributed by atoms with E-state index in [1.807, 2.05) is 37.3 Å². The highest BCUT2D eigenvalue weighted by Gasteiger charge is 2.46. The molecule has 3 aromatic carbocycles. The molecule has 196 valence electrons. The summed E-state index contributed by atoms with van der Waals surface area (Å²) in [6, 6.07) is 25.0. The number of nitrogens with zero attached hydrogens (tertiary/aromatic N) is 2. The lowest BCUT2D eigenvalue weighted by atomic mass is 9.94. The molecule has 1 aliphatic heterocycles. The lowest BCUT2D eigenvalue weighted by Gasteiger charge is -2.25. The first-order chi connectivity index (χ1) is 19.0. The third-order valence-electron chi connectivity index (χ3n) is 6.76. The van der Waals surface area contributed by atoms with Crippen molar-refractivity contribution in [3.05, 3.63) is 131 Å². The summed E-state index contributed by atoms with van der Waals surface area (Å²) in [5.74, 6) is -0.325. The molecule has 39 heavy (non-hydrogen) atoms. The molecular formula is C32H28N2O5. The summed E-state index contributed by atoms with van der Waals surface area (Å²) in [5.41, 5.74) is 3.81. The first-order valence-corrected chi connectivity index (χ1v) is 12.6. The van der Waals surface area contributed by atoms with Gasteiger partial charge in [-0.2, -0.15) is 0 Å². The summed E-state index contributed by atoms with van der Waals surface area (Å²) in [4.78, 5) is 32.2. The zero-order valence-electron chi connectivity index (χ0n) is 21.7. The number of aromatic nitrogens is 1. The average molecular weight is 521 g/mol. The number of aliphatic hydroxyl groups is 1. The fraction of sp³-hybridized carbons (Fsp3) is 0.156. The summed E-state index contributed by atoms with van der Waals surface area (Å²) in [7, 11) is 1.57. The van der Waals surface area contributed by atoms with Gasteiger partial charge < -0.3 is 19.5 Å². The summed E-state index contributed by atoms with van der Waals surface area (Å²) < 4.78 is 11.3. The Balaban J connectivity index is 1.52. The second-order valence-electron chi connectivity index (χ2n) is 9.31. The summed E-state index contributed by atoms with van der Waals surface area (Å²) in [6.45, 7) is 2.47. The number of amides is 1. The maximum atomic E-state index is 13.4. The summed E-state index contributed by atoms with van der Waals surface area (Å²) in [5, 5.41) is 11.5. The molecule has 1 saturated heterocycles. The number of ketones is 1. The average Bonchev–Trinajstić information content (AvgIpc) is 3.22. The van der Waals surface area contributed by atoms with Gasteiger partial charge in [0, 0.05) is 24.5 Å². The van der Waals surface area contributed by atoms with E-state index >= 15 is 0 Å². The minimum absolute atomic E-state index is 0.0385. The number of ether oxygens (including phenoxy) is 2. The molecule has 2 heterocycles. The number of hydrogen-bond donors (Lipinski definition) is 1. The van der Waals surface area contributed by atoms with Crippen molar-refractivity contribution in [2.45, 2.75) is 26.1 Å². The lowest BCUT2D eigenvalue weighted by molar-refractivity contribution is -0.140. The van der Waals surface area contributed by atoms with Crippen LogP contribution in [-0.2, 0) is 22.7 Å². The monoisotopic (exact) mass is 520 g/mol. The number of hydrogen-bond acceptors (Lipinski definition) is 6. The lowest BCUT2D eigenvalue weighted by Crippen LogP contribution is -2.29. The van der Waals surface area contributed by atoms with Gasteiger partial charge in [-0.25, -0.2) is 0 Å². The van der Waals surface area contributed by atoms with Gasteiger partial charge in [0.05, 0.1) is 18.7 Å². The number of likely N-dealkylation sites (tertiary alicyclic amines) is 1. The van der Waals surface area contributed by atoms with E-state index in [0.717, 1.165) is 16.7 Å². The van der Waals surface area contributed by atoms with Gasteiger partial charge in [0.1, 0.15) is 23.9 Å². The van der Waals surface area contributed by atoms with E-state index in [2.05, 4.69) is 4.98 Å². The molecule has 7 heteroatoms. The van der Waals surface area contributed by atoms with Crippen LogP contribution in [0.5, 0.6) is 11.5 Å². The second kappa shape index (κ2) is 11.2. The predicted octanol–water partition coefficient (Wildman–Crippen LogP) is 5.60. The fourth-order valence-corrected chi connectivity index (χ4v) is 4.71. The van der Waals surface area contributed by atoms with E-state index in [9.17, 15) is 14.7 Å². The molecule has 1 atom stereocenters. The number of methoxy groups -OCH3 is 1. The fourth-order valence-electron chi connectivity index (χ4n) is 4.71. The summed E-state index contributed by atoms with van der Waals surface area (Å²) in [6.07, 6.45) is 3.27. The van der Waals surface area contributed by atoms with Crippen LogP contribution in [0, 0.1) is 6.92 Å². The second-order valence-corrected chi connectivity index (χ2v) is 9.31. The molecule has 1 aromatic heterocycles. The van der Waals surface area contributed by atoms with Gasteiger partial charge in [0.15, 0.2) is 0 Å². The third-order valence-corrected chi connectivity index (χ3v) is 6.76. The topological polar surface area (TPSA) is 89.0 Å². The Morgan fingerprint density at radius 3 is 2.31 bits per heavy atom. The van der Waals surface area contributed by atoms with Crippen LogP contribution >= 0.6 is 0 Å². The molecular weight excluding hydrogens is 492 g/mol. The van der Waals surface area contributed by atoms with Crippen molar-refractivity contribution in [1.82, 2.24) is 9.88 Å². The molecule has 5 rings (SSSR count). The number of aliphatic hydroxyl groups excluding tert-OH is 1. The van der Waals surface area contributed by atoms with Crippen molar-refractivity contribution < 1.29 is 24.2 Å². The van der Waals surface area contributed by atoms with Gasteiger partial charge in [-0.3, -0.25) is 14.6 Å². The highest BCUT2D eigenvalue weighted by atomic mass is 16.5. The van der Waals surface area contributed by atoms with Crippen LogP contribution in [0.4, 0.5) is 0 Å². The normalized spacial score (nSPS) is 16.4. The minimum atomic E-state index is -0.779. The van der Waals surface area contributed by atoms with Gasteiger partial charge >= 0.3 is 0 Å². The number of pyridine rings is 1. The van der Waals surface area contributed by atoms with E-state index < -0.39 is 17.7 Å². The zero-order valence-corrected chi connectivity index (χ0v) is 21.7. The Labute approximate surface area is 227 Å². The van der Waals surface area contributed by atoms with Crippen LogP contribution in [0.2, 0.25) is 0 Å². The van der Waals surface area contributed by atoms with E-state index in [0.29, 0.717) is 29.2 Å². The standard InChI is InChI=1S/C32H28N2O5/c1-21-18-25(10-13-27(21)39-20-23-6-4-3-5-7-23)30(35)28-29(24-8-11-26(38-2)12-9-24)34(32(37)31(28)36)19-22-14-16-33-17-15-22/h3-18,29,35H,19-20H2,1-2H3/b30-28-. The van der Waals surface area contributed by atoms with Crippen LogP contribution in [0.15, 0.2) is 103 Å². The molecule has 0 saturated carbocycles. The van der Waals surface area contributed by atoms with Gasteiger partial charge in [0.25, 0.3) is 11.7 Å². The minimum Gasteiger partial charge on any atom is -0.507 e. The van der Waals surface area contributed by atoms with E-state index in [-0.39, 0.29) is 17.9 Å². The number of carbonyl (C=O) groups is 2. The molecule has 1 N–H and O–H groups in total. The van der Waals surface area contributed by atoms with Gasteiger partial charge in [-0.15, -0.1) is 0 Å². The van der Waals surface area contributed by atoms with Crippen molar-refractivity contribution in [1.29, 1.82) is 0 Å². The Hall–Kier alpha value is -4.91. The molecule has 0 radical (unpaired) electrons. The van der Waals surface area contributed by atoms with Crippen LogP contribution in [-0.4, -0.2) is 33.8 Å². The van der Waals surface area contributed by atoms with E-state index in [4.69, 9.17) is 9.47 Å². The van der Waals surface area contributed by atoms with Crippen molar-refractivity contribution >= 4 is 17.4 Å². The number of carbonyl (C=O) groups excluding carboxylic acids is 2. The maximum Gasteiger partial charge on any atom is 0.295 e. The van der Waals surface area contributed by atoms with Crippen LogP contribution in [0.25, 0.3) is 5.76 Å². The van der Waals surface area contributed by atoms with Gasteiger partial charge in [0.2, 0.25) is 0 Å². The predicted molar refractivity (Wildman–Crippen MR) is 147 cm³/mol. The quantitative estimate of drug-likeness (QED) is 0.185. The SMILES string of the molecule is COc1ccc(C2/C(=C(/O)c3ccc(OCc4ccccc4)c(C)c3)C(=O)C(=O)N2Cc2ccncc2)cc1. The molecule has 4 aromatic rings. The Kier molecular flexibility index (Phi) is 7.41. The van der Waals surface area contributed by atoms with E-state index in [1.54, 1.807) is 74.1 Å². The highest BCUT2D eigenvalue weighted by molar-refractivity contribution is 6.46. The Bertz CT molecular complexity index is 1520. The number of aryl methyl sites for hydroxylation is 1. The smallest absolute Gasteiger partial charge is 0.295 e. The molecule has 0 aliphatic carbocycles.